The molecule has 2 unspecified atom stereocenters. The number of methoxy groups -OCH3 is 1. The summed E-state index contributed by atoms with van der Waals surface area (Å²) in [6, 6.07) is 13.7. The molecule has 2 aromatic carbocycles. The van der Waals surface area contributed by atoms with Crippen LogP contribution in [-0.2, 0) is 4.79 Å². The highest BCUT2D eigenvalue weighted by atomic mass is 19.1. The lowest BCUT2D eigenvalue weighted by molar-refractivity contribution is -0.135. The Morgan fingerprint density at radius 1 is 0.933 bits per heavy atom. The molecule has 2 aromatic rings. The number of rotatable bonds is 4. The number of nitrogens with zero attached hydrogens (tertiary/aromatic N) is 2. The van der Waals surface area contributed by atoms with Crippen molar-refractivity contribution in [1.29, 1.82) is 0 Å². The predicted molar refractivity (Wildman–Crippen MR) is 112 cm³/mol. The number of benzene rings is 2. The second-order valence-electron chi connectivity index (χ2n) is 8.14. The molecule has 0 spiro atoms. The molecule has 0 bridgehead atoms. The van der Waals surface area contributed by atoms with E-state index in [1.165, 1.54) is 29.8 Å². The van der Waals surface area contributed by atoms with E-state index in [4.69, 9.17) is 4.74 Å². The minimum absolute atomic E-state index is 0.134. The van der Waals surface area contributed by atoms with E-state index in [1.54, 1.807) is 12.0 Å². The molecule has 0 aromatic heterocycles. The van der Waals surface area contributed by atoms with Crippen LogP contribution in [0.1, 0.15) is 41.1 Å². The van der Waals surface area contributed by atoms with E-state index in [9.17, 15) is 14.0 Å². The fourth-order valence-corrected chi connectivity index (χ4v) is 4.51. The average molecular weight is 410 g/mol. The Bertz CT molecular complexity index is 898. The number of carbonyl (C=O) groups excluding carboxylic acids is 2. The van der Waals surface area contributed by atoms with Crippen LogP contribution in [0.3, 0.4) is 0 Å². The van der Waals surface area contributed by atoms with E-state index in [0.29, 0.717) is 31.1 Å². The first-order chi connectivity index (χ1) is 14.5. The van der Waals surface area contributed by atoms with Crippen molar-refractivity contribution >= 4 is 11.8 Å². The zero-order valence-corrected chi connectivity index (χ0v) is 17.2. The number of piperidine rings is 1. The molecule has 2 saturated heterocycles. The van der Waals surface area contributed by atoms with Gasteiger partial charge in [-0.3, -0.25) is 9.59 Å². The monoisotopic (exact) mass is 410 g/mol. The van der Waals surface area contributed by atoms with Gasteiger partial charge in [-0.2, -0.15) is 0 Å². The number of hydrogen-bond acceptors (Lipinski definition) is 3. The molecule has 4 rings (SSSR count). The van der Waals surface area contributed by atoms with Crippen molar-refractivity contribution in [2.75, 3.05) is 33.3 Å². The number of amides is 2. The summed E-state index contributed by atoms with van der Waals surface area (Å²) in [5.41, 5.74) is 1.69. The highest BCUT2D eigenvalue weighted by Gasteiger charge is 2.35. The van der Waals surface area contributed by atoms with Gasteiger partial charge in [-0.25, -0.2) is 4.39 Å². The number of halogens is 1. The van der Waals surface area contributed by atoms with Crippen molar-refractivity contribution in [1.82, 2.24) is 9.80 Å². The van der Waals surface area contributed by atoms with Gasteiger partial charge in [0.05, 0.1) is 13.0 Å². The lowest BCUT2D eigenvalue weighted by atomic mass is 9.95. The van der Waals surface area contributed by atoms with Gasteiger partial charge >= 0.3 is 0 Å². The molecular formula is C24H27FN2O3. The van der Waals surface area contributed by atoms with Gasteiger partial charge in [0.15, 0.2) is 0 Å². The summed E-state index contributed by atoms with van der Waals surface area (Å²) < 4.78 is 18.4. The maximum absolute atomic E-state index is 13.1. The second kappa shape index (κ2) is 8.86. The van der Waals surface area contributed by atoms with Crippen LogP contribution >= 0.6 is 0 Å². The smallest absolute Gasteiger partial charge is 0.253 e. The Hall–Kier alpha value is -2.89. The fraction of sp³-hybridized carbons (Fsp3) is 0.417. The highest BCUT2D eigenvalue weighted by Crippen LogP contribution is 2.30. The van der Waals surface area contributed by atoms with E-state index >= 15 is 0 Å². The van der Waals surface area contributed by atoms with Gasteiger partial charge in [0.25, 0.3) is 5.91 Å². The molecule has 2 fully saturated rings. The number of carbonyl (C=O) groups is 2. The van der Waals surface area contributed by atoms with Gasteiger partial charge in [0.1, 0.15) is 11.6 Å². The first kappa shape index (κ1) is 20.4. The van der Waals surface area contributed by atoms with Gasteiger partial charge in [-0.15, -0.1) is 0 Å². The molecule has 0 saturated carbocycles. The first-order valence-corrected chi connectivity index (χ1v) is 10.5. The van der Waals surface area contributed by atoms with Crippen LogP contribution in [-0.4, -0.2) is 54.9 Å². The average Bonchev–Trinajstić information content (AvgIpc) is 3.29. The Balaban J connectivity index is 1.37. The molecule has 2 aliphatic rings. The summed E-state index contributed by atoms with van der Waals surface area (Å²) in [6.45, 7) is 2.53. The molecule has 2 amide bonds. The SMILES string of the molecule is COc1ccc(C2CCN(C(=O)C3CCCN(C(=O)c4ccc(F)cc4)C3)C2)cc1. The molecule has 0 radical (unpaired) electrons. The Morgan fingerprint density at radius 3 is 2.37 bits per heavy atom. The van der Waals surface area contributed by atoms with E-state index in [2.05, 4.69) is 12.1 Å². The van der Waals surface area contributed by atoms with Crippen molar-refractivity contribution in [2.45, 2.75) is 25.2 Å². The van der Waals surface area contributed by atoms with Crippen molar-refractivity contribution < 1.29 is 18.7 Å². The van der Waals surface area contributed by atoms with Crippen LogP contribution in [0, 0.1) is 11.7 Å². The van der Waals surface area contributed by atoms with Gasteiger partial charge in [0, 0.05) is 37.7 Å². The number of hydrogen-bond donors (Lipinski definition) is 0. The van der Waals surface area contributed by atoms with Crippen LogP contribution in [0.5, 0.6) is 5.75 Å². The Kier molecular flexibility index (Phi) is 6.02. The lowest BCUT2D eigenvalue weighted by Gasteiger charge is -2.34. The minimum atomic E-state index is -0.362. The van der Waals surface area contributed by atoms with Gasteiger partial charge < -0.3 is 14.5 Å². The molecule has 30 heavy (non-hydrogen) atoms. The predicted octanol–water partition coefficient (Wildman–Crippen LogP) is 3.70. The summed E-state index contributed by atoms with van der Waals surface area (Å²) in [6.07, 6.45) is 2.55. The summed E-state index contributed by atoms with van der Waals surface area (Å²) in [5, 5.41) is 0. The van der Waals surface area contributed by atoms with Crippen LogP contribution in [0.25, 0.3) is 0 Å². The quantitative estimate of drug-likeness (QED) is 0.772. The number of ether oxygens (including phenoxy) is 1. The van der Waals surface area contributed by atoms with E-state index in [-0.39, 0.29) is 23.5 Å². The summed E-state index contributed by atoms with van der Waals surface area (Å²) in [5.74, 6) is 0.641. The minimum Gasteiger partial charge on any atom is -0.497 e. The molecular weight excluding hydrogens is 383 g/mol. The third-order valence-corrected chi connectivity index (χ3v) is 6.24. The normalized spacial score (nSPS) is 21.5. The van der Waals surface area contributed by atoms with Gasteiger partial charge in [-0.05, 0) is 61.2 Å². The van der Waals surface area contributed by atoms with Crippen molar-refractivity contribution in [3.05, 3.63) is 65.5 Å². The topological polar surface area (TPSA) is 49.9 Å². The summed E-state index contributed by atoms with van der Waals surface area (Å²) >= 11 is 0. The maximum Gasteiger partial charge on any atom is 0.253 e. The summed E-state index contributed by atoms with van der Waals surface area (Å²) in [4.78, 5) is 29.6. The lowest BCUT2D eigenvalue weighted by Crippen LogP contribution is -2.46. The van der Waals surface area contributed by atoms with Crippen LogP contribution in [0.15, 0.2) is 48.5 Å². The molecule has 6 heteroatoms. The molecule has 2 aliphatic heterocycles. The van der Waals surface area contributed by atoms with E-state index in [0.717, 1.165) is 31.6 Å². The molecule has 0 N–H and O–H groups in total. The van der Waals surface area contributed by atoms with E-state index < -0.39 is 0 Å². The fourth-order valence-electron chi connectivity index (χ4n) is 4.51. The second-order valence-corrected chi connectivity index (χ2v) is 8.14. The van der Waals surface area contributed by atoms with Crippen LogP contribution in [0.2, 0.25) is 0 Å². The summed E-state index contributed by atoms with van der Waals surface area (Å²) in [7, 11) is 1.65. The largest absolute Gasteiger partial charge is 0.497 e. The first-order valence-electron chi connectivity index (χ1n) is 10.5. The van der Waals surface area contributed by atoms with Gasteiger partial charge in [-0.1, -0.05) is 12.1 Å². The third kappa shape index (κ3) is 4.32. The van der Waals surface area contributed by atoms with Gasteiger partial charge in [0.2, 0.25) is 5.91 Å². The molecule has 158 valence electrons. The number of likely N-dealkylation sites (tertiary alicyclic amines) is 2. The zero-order valence-electron chi connectivity index (χ0n) is 17.2. The van der Waals surface area contributed by atoms with Crippen molar-refractivity contribution in [3.8, 4) is 5.75 Å². The van der Waals surface area contributed by atoms with Crippen LogP contribution in [0.4, 0.5) is 4.39 Å². The molecule has 0 aliphatic carbocycles. The Labute approximate surface area is 176 Å². The molecule has 2 heterocycles. The molecule has 2 atom stereocenters. The van der Waals surface area contributed by atoms with Crippen molar-refractivity contribution in [3.63, 3.8) is 0 Å². The van der Waals surface area contributed by atoms with E-state index in [1.807, 2.05) is 17.0 Å². The third-order valence-electron chi connectivity index (χ3n) is 6.24. The standard InChI is InChI=1S/C24H27FN2O3/c1-30-22-10-6-17(7-11-22)19-12-14-27(15-19)24(29)20-3-2-13-26(16-20)23(28)18-4-8-21(25)9-5-18/h4-11,19-20H,2-3,12-16H2,1H3. The highest BCUT2D eigenvalue weighted by molar-refractivity contribution is 5.94. The zero-order chi connectivity index (χ0) is 21.1. The molecule has 5 nitrogen and oxygen atoms in total. The van der Waals surface area contributed by atoms with Crippen LogP contribution < -0.4 is 4.74 Å². The van der Waals surface area contributed by atoms with Crippen molar-refractivity contribution in [2.24, 2.45) is 5.92 Å². The maximum atomic E-state index is 13.1. The Morgan fingerprint density at radius 2 is 1.67 bits per heavy atom.